The molecule has 1 heterocycles. The van der Waals surface area contributed by atoms with Crippen molar-refractivity contribution in [2.24, 2.45) is 0 Å². The molecule has 0 aliphatic carbocycles. The topological polar surface area (TPSA) is 47.6 Å². The molecule has 0 unspecified atom stereocenters. The molecule has 3 aromatic rings. The highest BCUT2D eigenvalue weighted by atomic mass is 32.1. The van der Waals surface area contributed by atoms with Crippen LogP contribution in [0.2, 0.25) is 0 Å². The van der Waals surface area contributed by atoms with Gasteiger partial charge in [-0.1, -0.05) is 30.3 Å². The Morgan fingerprint density at radius 2 is 1.62 bits per heavy atom. The van der Waals surface area contributed by atoms with Crippen LogP contribution in [0.1, 0.15) is 9.67 Å². The lowest BCUT2D eigenvalue weighted by Gasteiger charge is -2.10. The first kappa shape index (κ1) is 16.1. The van der Waals surface area contributed by atoms with Gasteiger partial charge < -0.3 is 14.8 Å². The molecular formula is C19H17NO3S. The van der Waals surface area contributed by atoms with Gasteiger partial charge >= 0.3 is 0 Å². The Balaban J connectivity index is 1.88. The molecule has 1 N–H and O–H groups in total. The molecule has 122 valence electrons. The van der Waals surface area contributed by atoms with Crippen molar-refractivity contribution in [2.45, 2.75) is 0 Å². The number of hydrogen-bond acceptors (Lipinski definition) is 4. The molecule has 1 aromatic heterocycles. The summed E-state index contributed by atoms with van der Waals surface area (Å²) in [7, 11) is 3.15. The van der Waals surface area contributed by atoms with E-state index < -0.39 is 0 Å². The summed E-state index contributed by atoms with van der Waals surface area (Å²) in [5.74, 6) is 1.09. The second kappa shape index (κ2) is 7.19. The number of ether oxygens (including phenoxy) is 2. The average Bonchev–Trinajstić information content (AvgIpc) is 3.12. The number of hydrogen-bond donors (Lipinski definition) is 1. The van der Waals surface area contributed by atoms with E-state index in [2.05, 4.69) is 5.32 Å². The number of rotatable bonds is 5. The number of nitrogens with one attached hydrogen (secondary N) is 1. The van der Waals surface area contributed by atoms with Crippen LogP contribution in [0.15, 0.2) is 60.0 Å². The Morgan fingerprint density at radius 1 is 0.958 bits per heavy atom. The fourth-order valence-corrected chi connectivity index (χ4v) is 3.21. The van der Waals surface area contributed by atoms with Crippen LogP contribution in [-0.2, 0) is 0 Å². The summed E-state index contributed by atoms with van der Waals surface area (Å²) >= 11 is 1.42. The van der Waals surface area contributed by atoms with Crippen molar-refractivity contribution in [3.05, 3.63) is 64.9 Å². The standard InChI is InChI=1S/C19H17NO3S/c1-22-15-10-14(11-16(12-15)23-2)20-19(21)18-17(8-9-24-18)13-6-4-3-5-7-13/h3-12H,1-2H3,(H,20,21). The first-order valence-corrected chi connectivity index (χ1v) is 8.26. The Bertz CT molecular complexity index is 821. The fourth-order valence-electron chi connectivity index (χ4n) is 2.40. The summed E-state index contributed by atoms with van der Waals surface area (Å²) in [6, 6.07) is 17.1. The van der Waals surface area contributed by atoms with Gasteiger partial charge in [0.05, 0.1) is 19.1 Å². The lowest BCUT2D eigenvalue weighted by molar-refractivity contribution is 0.103. The van der Waals surface area contributed by atoms with Gasteiger partial charge in [-0.25, -0.2) is 0 Å². The van der Waals surface area contributed by atoms with Crippen LogP contribution in [0.3, 0.4) is 0 Å². The summed E-state index contributed by atoms with van der Waals surface area (Å²) in [5, 5.41) is 4.84. The normalized spacial score (nSPS) is 10.2. The van der Waals surface area contributed by atoms with Crippen molar-refractivity contribution >= 4 is 22.9 Å². The molecule has 0 radical (unpaired) electrons. The van der Waals surface area contributed by atoms with Crippen molar-refractivity contribution in [1.82, 2.24) is 0 Å². The van der Waals surface area contributed by atoms with Gasteiger partial charge in [-0.2, -0.15) is 0 Å². The molecule has 0 aliphatic rings. The van der Waals surface area contributed by atoms with Gasteiger partial charge in [0.25, 0.3) is 5.91 Å². The molecule has 0 aliphatic heterocycles. The molecule has 1 amide bonds. The van der Waals surface area contributed by atoms with E-state index >= 15 is 0 Å². The van der Waals surface area contributed by atoms with Gasteiger partial charge in [-0.15, -0.1) is 11.3 Å². The van der Waals surface area contributed by atoms with Crippen LogP contribution >= 0.6 is 11.3 Å². The highest BCUT2D eigenvalue weighted by molar-refractivity contribution is 7.12. The molecule has 24 heavy (non-hydrogen) atoms. The Kier molecular flexibility index (Phi) is 4.82. The lowest BCUT2D eigenvalue weighted by Crippen LogP contribution is -2.11. The van der Waals surface area contributed by atoms with Crippen molar-refractivity contribution in [2.75, 3.05) is 19.5 Å². The summed E-state index contributed by atoms with van der Waals surface area (Å²) in [5.41, 5.74) is 2.57. The molecule has 5 heteroatoms. The highest BCUT2D eigenvalue weighted by Gasteiger charge is 2.15. The van der Waals surface area contributed by atoms with Gasteiger partial charge in [0.15, 0.2) is 0 Å². The van der Waals surface area contributed by atoms with E-state index in [0.29, 0.717) is 22.1 Å². The zero-order chi connectivity index (χ0) is 16.9. The number of methoxy groups -OCH3 is 2. The Morgan fingerprint density at radius 3 is 2.25 bits per heavy atom. The predicted octanol–water partition coefficient (Wildman–Crippen LogP) is 4.68. The number of benzene rings is 2. The molecule has 0 fully saturated rings. The predicted molar refractivity (Wildman–Crippen MR) is 97.3 cm³/mol. The van der Waals surface area contributed by atoms with E-state index in [0.717, 1.165) is 11.1 Å². The number of anilines is 1. The van der Waals surface area contributed by atoms with E-state index in [1.807, 2.05) is 41.8 Å². The van der Waals surface area contributed by atoms with E-state index in [4.69, 9.17) is 9.47 Å². The number of carbonyl (C=O) groups excluding carboxylic acids is 1. The van der Waals surface area contributed by atoms with Gasteiger partial charge in [0.2, 0.25) is 0 Å². The molecule has 0 atom stereocenters. The Labute approximate surface area is 144 Å². The number of carbonyl (C=O) groups is 1. The molecule has 0 saturated carbocycles. The van der Waals surface area contributed by atoms with Crippen LogP contribution in [0, 0.1) is 0 Å². The maximum Gasteiger partial charge on any atom is 0.266 e. The summed E-state index contributed by atoms with van der Waals surface area (Å²) in [4.78, 5) is 13.4. The zero-order valence-corrected chi connectivity index (χ0v) is 14.2. The van der Waals surface area contributed by atoms with Gasteiger partial charge in [0, 0.05) is 29.4 Å². The molecule has 2 aromatic carbocycles. The maximum absolute atomic E-state index is 12.7. The summed E-state index contributed by atoms with van der Waals surface area (Å²) in [6.07, 6.45) is 0. The third-order valence-corrected chi connectivity index (χ3v) is 4.48. The SMILES string of the molecule is COc1cc(NC(=O)c2sccc2-c2ccccc2)cc(OC)c1. The second-order valence-electron chi connectivity index (χ2n) is 5.08. The number of amides is 1. The van der Waals surface area contributed by atoms with Crippen molar-refractivity contribution < 1.29 is 14.3 Å². The molecular weight excluding hydrogens is 322 g/mol. The third-order valence-electron chi connectivity index (χ3n) is 3.57. The minimum absolute atomic E-state index is 0.154. The van der Waals surface area contributed by atoms with Crippen LogP contribution in [0.4, 0.5) is 5.69 Å². The van der Waals surface area contributed by atoms with Crippen molar-refractivity contribution in [3.8, 4) is 22.6 Å². The minimum Gasteiger partial charge on any atom is -0.497 e. The highest BCUT2D eigenvalue weighted by Crippen LogP contribution is 2.30. The molecule has 0 spiro atoms. The Hall–Kier alpha value is -2.79. The first-order valence-electron chi connectivity index (χ1n) is 7.38. The average molecular weight is 339 g/mol. The smallest absolute Gasteiger partial charge is 0.266 e. The van der Waals surface area contributed by atoms with Crippen LogP contribution in [0.5, 0.6) is 11.5 Å². The minimum atomic E-state index is -0.154. The van der Waals surface area contributed by atoms with E-state index in [1.54, 1.807) is 32.4 Å². The molecule has 0 bridgehead atoms. The van der Waals surface area contributed by atoms with E-state index in [1.165, 1.54) is 11.3 Å². The van der Waals surface area contributed by atoms with Crippen molar-refractivity contribution in [1.29, 1.82) is 0 Å². The summed E-state index contributed by atoms with van der Waals surface area (Å²) in [6.45, 7) is 0. The first-order chi connectivity index (χ1) is 11.7. The fraction of sp³-hybridized carbons (Fsp3) is 0.105. The molecule has 3 rings (SSSR count). The monoisotopic (exact) mass is 339 g/mol. The van der Waals surface area contributed by atoms with E-state index in [-0.39, 0.29) is 5.91 Å². The van der Waals surface area contributed by atoms with Crippen LogP contribution in [-0.4, -0.2) is 20.1 Å². The summed E-state index contributed by atoms with van der Waals surface area (Å²) < 4.78 is 10.5. The van der Waals surface area contributed by atoms with E-state index in [9.17, 15) is 4.79 Å². The lowest BCUT2D eigenvalue weighted by atomic mass is 10.1. The largest absolute Gasteiger partial charge is 0.497 e. The zero-order valence-electron chi connectivity index (χ0n) is 13.4. The quantitative estimate of drug-likeness (QED) is 0.734. The molecule has 0 saturated heterocycles. The molecule has 4 nitrogen and oxygen atoms in total. The number of thiophene rings is 1. The van der Waals surface area contributed by atoms with Crippen LogP contribution in [0.25, 0.3) is 11.1 Å². The van der Waals surface area contributed by atoms with Crippen molar-refractivity contribution in [3.63, 3.8) is 0 Å². The van der Waals surface area contributed by atoms with Gasteiger partial charge in [-0.05, 0) is 17.0 Å². The van der Waals surface area contributed by atoms with Gasteiger partial charge in [0.1, 0.15) is 11.5 Å². The van der Waals surface area contributed by atoms with Crippen LogP contribution < -0.4 is 14.8 Å². The van der Waals surface area contributed by atoms with Gasteiger partial charge in [-0.3, -0.25) is 4.79 Å². The second-order valence-corrected chi connectivity index (χ2v) is 6.00. The third kappa shape index (κ3) is 3.41. The maximum atomic E-state index is 12.7.